The maximum absolute atomic E-state index is 13.8. The first-order valence-corrected chi connectivity index (χ1v) is 10.5. The number of aromatic nitrogens is 1. The summed E-state index contributed by atoms with van der Waals surface area (Å²) in [6, 6.07) is 0.962. The second kappa shape index (κ2) is 7.96. The topological polar surface area (TPSA) is 109 Å². The van der Waals surface area contributed by atoms with Crippen molar-refractivity contribution in [2.45, 2.75) is 49.4 Å². The highest BCUT2D eigenvalue weighted by Gasteiger charge is 2.57. The number of ether oxygens (including phenoxy) is 1. The Hall–Kier alpha value is -2.70. The van der Waals surface area contributed by atoms with E-state index in [-0.39, 0.29) is 36.3 Å². The van der Waals surface area contributed by atoms with Gasteiger partial charge in [0.05, 0.1) is 19.7 Å². The number of carbonyl (C=O) groups is 2. The van der Waals surface area contributed by atoms with Crippen LogP contribution in [-0.2, 0) is 4.79 Å². The van der Waals surface area contributed by atoms with Gasteiger partial charge in [-0.2, -0.15) is 13.2 Å². The fraction of sp³-hybridized carbons (Fsp3) is 0.650. The summed E-state index contributed by atoms with van der Waals surface area (Å²) in [5.74, 6) is -5.22. The number of nitrogens with two attached hydrogens (primary N) is 1. The third kappa shape index (κ3) is 4.68. The Labute approximate surface area is 185 Å². The third-order valence-corrected chi connectivity index (χ3v) is 6.19. The van der Waals surface area contributed by atoms with Crippen LogP contribution in [0.1, 0.15) is 36.2 Å². The van der Waals surface area contributed by atoms with E-state index < -0.39 is 61.5 Å². The molecule has 2 amide bonds. The van der Waals surface area contributed by atoms with Gasteiger partial charge in [0.25, 0.3) is 11.8 Å². The summed E-state index contributed by atoms with van der Waals surface area (Å²) in [5, 5.41) is 9.99. The molecule has 3 aliphatic rings. The molecule has 1 unspecified atom stereocenters. The number of β-amino-alcohol motifs (C(OH)–C–C–N with tert-alkyl or cyclic N) is 1. The summed E-state index contributed by atoms with van der Waals surface area (Å²) >= 11 is 0. The average Bonchev–Trinajstić information content (AvgIpc) is 3.37. The molecule has 2 aliphatic heterocycles. The number of pyridine rings is 1. The van der Waals surface area contributed by atoms with E-state index in [0.29, 0.717) is 4.90 Å². The molecular weight excluding hydrogens is 455 g/mol. The van der Waals surface area contributed by atoms with Crippen LogP contribution in [0.5, 0.6) is 5.88 Å². The first-order valence-electron chi connectivity index (χ1n) is 10.5. The molecule has 2 atom stereocenters. The minimum atomic E-state index is -4.83. The molecule has 0 radical (unpaired) electrons. The van der Waals surface area contributed by atoms with Crippen molar-refractivity contribution in [3.05, 3.63) is 17.8 Å². The lowest BCUT2D eigenvalue weighted by Gasteiger charge is -2.27. The second-order valence-corrected chi connectivity index (χ2v) is 8.89. The van der Waals surface area contributed by atoms with Crippen molar-refractivity contribution in [3.63, 3.8) is 0 Å². The second-order valence-electron chi connectivity index (χ2n) is 8.89. The van der Waals surface area contributed by atoms with Gasteiger partial charge in [-0.1, -0.05) is 0 Å². The molecule has 0 spiro atoms. The Morgan fingerprint density at radius 2 is 1.94 bits per heavy atom. The fourth-order valence-corrected chi connectivity index (χ4v) is 4.04. The molecule has 1 aliphatic carbocycles. The minimum Gasteiger partial charge on any atom is -0.476 e. The first-order chi connectivity index (χ1) is 15.3. The maximum Gasteiger partial charge on any atom is 0.418 e. The van der Waals surface area contributed by atoms with Crippen LogP contribution >= 0.6 is 0 Å². The molecule has 0 bridgehead atoms. The van der Waals surface area contributed by atoms with E-state index in [2.05, 4.69) is 4.98 Å². The molecule has 3 fully saturated rings. The van der Waals surface area contributed by atoms with Gasteiger partial charge in [0.2, 0.25) is 11.8 Å². The van der Waals surface area contributed by atoms with E-state index >= 15 is 0 Å². The number of hydrogen-bond donors (Lipinski definition) is 2. The molecule has 2 saturated heterocycles. The number of nitrogens with zero attached hydrogens (tertiary/aromatic N) is 3. The zero-order valence-corrected chi connectivity index (χ0v) is 17.4. The molecule has 1 aromatic rings. The summed E-state index contributed by atoms with van der Waals surface area (Å²) in [7, 11) is 0. The average molecular weight is 478 g/mol. The smallest absolute Gasteiger partial charge is 0.418 e. The fourth-order valence-electron chi connectivity index (χ4n) is 4.04. The molecular formula is C20H23F5N4O4. The Kier molecular flexibility index (Phi) is 5.66. The van der Waals surface area contributed by atoms with E-state index in [1.165, 1.54) is 17.0 Å². The van der Waals surface area contributed by atoms with Gasteiger partial charge in [0, 0.05) is 19.4 Å². The van der Waals surface area contributed by atoms with E-state index in [4.69, 9.17) is 10.5 Å². The molecule has 182 valence electrons. The standard InChI is InChI=1S/C20H23F5N4O4/c21-19(22)7-14(15(26)30)29(10-19)17(31)12-3-4-13(16(27-12)33-8-11-1-2-11)28-6-5-18(32,9-28)20(23,24)25/h3-4,11,14,32H,1-2,5-10H2,(H2,26,30)/t14-,18?/m0/s1. The molecule has 13 heteroatoms. The third-order valence-electron chi connectivity index (χ3n) is 6.19. The lowest BCUT2D eigenvalue weighted by molar-refractivity contribution is -0.250. The number of rotatable bonds is 6. The molecule has 4 rings (SSSR count). The largest absolute Gasteiger partial charge is 0.476 e. The van der Waals surface area contributed by atoms with Gasteiger partial charge in [0.15, 0.2) is 5.60 Å². The normalized spacial score (nSPS) is 27.2. The summed E-state index contributed by atoms with van der Waals surface area (Å²) < 4.78 is 73.1. The first kappa shape index (κ1) is 23.5. The van der Waals surface area contributed by atoms with Crippen molar-refractivity contribution in [2.75, 3.05) is 31.1 Å². The van der Waals surface area contributed by atoms with E-state index in [9.17, 15) is 36.6 Å². The zero-order chi connectivity index (χ0) is 24.2. The van der Waals surface area contributed by atoms with Crippen LogP contribution in [0.4, 0.5) is 27.6 Å². The quantitative estimate of drug-likeness (QED) is 0.603. The van der Waals surface area contributed by atoms with Crippen LogP contribution in [0.15, 0.2) is 12.1 Å². The van der Waals surface area contributed by atoms with E-state index in [1.54, 1.807) is 0 Å². The van der Waals surface area contributed by atoms with Crippen LogP contribution in [0.25, 0.3) is 0 Å². The number of halogens is 5. The predicted molar refractivity (Wildman–Crippen MR) is 104 cm³/mol. The Morgan fingerprint density at radius 1 is 1.24 bits per heavy atom. The lowest BCUT2D eigenvalue weighted by Crippen LogP contribution is -2.47. The highest BCUT2D eigenvalue weighted by Crippen LogP contribution is 2.42. The number of anilines is 1. The Bertz CT molecular complexity index is 955. The number of likely N-dealkylation sites (tertiary alicyclic amines) is 1. The lowest BCUT2D eigenvalue weighted by atomic mass is 10.0. The van der Waals surface area contributed by atoms with Crippen LogP contribution < -0.4 is 15.4 Å². The minimum absolute atomic E-state index is 0.132. The van der Waals surface area contributed by atoms with Gasteiger partial charge in [-0.05, 0) is 30.9 Å². The highest BCUT2D eigenvalue weighted by molar-refractivity contribution is 5.97. The molecule has 1 saturated carbocycles. The molecule has 3 N–H and O–H groups in total. The van der Waals surface area contributed by atoms with Crippen molar-refractivity contribution in [3.8, 4) is 5.88 Å². The number of amides is 2. The number of aliphatic hydroxyl groups is 1. The zero-order valence-electron chi connectivity index (χ0n) is 17.4. The summed E-state index contributed by atoms with van der Waals surface area (Å²) in [5.41, 5.74) is 2.12. The number of alkyl halides is 5. The molecule has 8 nitrogen and oxygen atoms in total. The summed E-state index contributed by atoms with van der Waals surface area (Å²) in [6.07, 6.45) is -4.46. The Balaban J connectivity index is 1.61. The van der Waals surface area contributed by atoms with Gasteiger partial charge in [-0.3, -0.25) is 9.59 Å². The molecule has 3 heterocycles. The van der Waals surface area contributed by atoms with Gasteiger partial charge in [-0.15, -0.1) is 0 Å². The van der Waals surface area contributed by atoms with Crippen LogP contribution in [0.2, 0.25) is 0 Å². The van der Waals surface area contributed by atoms with E-state index in [1.807, 2.05) is 0 Å². The molecule has 0 aromatic carbocycles. The van der Waals surface area contributed by atoms with Crippen molar-refractivity contribution in [1.29, 1.82) is 0 Å². The van der Waals surface area contributed by atoms with Gasteiger partial charge in [0.1, 0.15) is 17.4 Å². The molecule has 1 aromatic heterocycles. The number of hydrogen-bond acceptors (Lipinski definition) is 6. The van der Waals surface area contributed by atoms with Gasteiger partial charge >= 0.3 is 6.18 Å². The van der Waals surface area contributed by atoms with Crippen molar-refractivity contribution in [2.24, 2.45) is 11.7 Å². The SMILES string of the molecule is NC(=O)[C@@H]1CC(F)(F)CN1C(=O)c1ccc(N2CCC(O)(C(F)(F)F)C2)c(OCC2CC2)n1. The predicted octanol–water partition coefficient (Wildman–Crippen LogP) is 1.71. The number of primary amides is 1. The number of carbonyl (C=O) groups excluding carboxylic acids is 2. The van der Waals surface area contributed by atoms with Crippen LogP contribution in [0, 0.1) is 5.92 Å². The van der Waals surface area contributed by atoms with E-state index in [0.717, 1.165) is 12.8 Å². The monoisotopic (exact) mass is 478 g/mol. The van der Waals surface area contributed by atoms with Crippen molar-refractivity contribution < 1.29 is 41.4 Å². The van der Waals surface area contributed by atoms with Gasteiger partial charge in [-0.25, -0.2) is 13.8 Å². The van der Waals surface area contributed by atoms with Crippen molar-refractivity contribution >= 4 is 17.5 Å². The summed E-state index contributed by atoms with van der Waals surface area (Å²) in [4.78, 5) is 30.5. The Morgan fingerprint density at radius 3 is 2.52 bits per heavy atom. The molecule has 33 heavy (non-hydrogen) atoms. The van der Waals surface area contributed by atoms with Crippen LogP contribution in [-0.4, -0.2) is 76.8 Å². The maximum atomic E-state index is 13.8. The van der Waals surface area contributed by atoms with Gasteiger partial charge < -0.3 is 25.4 Å². The van der Waals surface area contributed by atoms with Crippen molar-refractivity contribution in [1.82, 2.24) is 9.88 Å². The summed E-state index contributed by atoms with van der Waals surface area (Å²) in [6.45, 7) is -1.66. The van der Waals surface area contributed by atoms with Crippen LogP contribution in [0.3, 0.4) is 0 Å². The highest BCUT2D eigenvalue weighted by atomic mass is 19.4.